The molecule has 0 aliphatic heterocycles. The van der Waals surface area contributed by atoms with E-state index >= 15 is 0 Å². The van der Waals surface area contributed by atoms with Crippen LogP contribution in [0.25, 0.3) is 38.6 Å². The molecule has 2 heterocycles. The summed E-state index contributed by atoms with van der Waals surface area (Å²) in [5, 5.41) is 3.74. The van der Waals surface area contributed by atoms with Crippen molar-refractivity contribution in [1.29, 1.82) is 0 Å². The summed E-state index contributed by atoms with van der Waals surface area (Å²) >= 11 is 0. The Morgan fingerprint density at radius 2 is 1.45 bits per heavy atom. The molecule has 0 spiro atoms. The standard InChI is InChI=1S/C27H26N2/c1-17-9-8-10-18(2)25(17)24-16-28-26-21-12-7-6-11-20(21)22-15-19(27(3,4)5)13-14-23(22)29(24)26/h6-16H,1-5H3. The van der Waals surface area contributed by atoms with E-state index in [0.717, 1.165) is 11.3 Å². The summed E-state index contributed by atoms with van der Waals surface area (Å²) in [6.45, 7) is 11.2. The second-order valence-corrected chi connectivity index (χ2v) is 9.10. The molecule has 0 aliphatic rings. The zero-order valence-corrected chi connectivity index (χ0v) is 17.7. The number of aryl methyl sites for hydroxylation is 2. The van der Waals surface area contributed by atoms with Crippen LogP contribution in [0.15, 0.2) is 66.9 Å². The first-order chi connectivity index (χ1) is 13.9. The Hall–Kier alpha value is -3.13. The van der Waals surface area contributed by atoms with E-state index in [1.54, 1.807) is 0 Å². The van der Waals surface area contributed by atoms with Gasteiger partial charge in [0.05, 0.1) is 17.4 Å². The molecule has 0 N–H and O–H groups in total. The van der Waals surface area contributed by atoms with Gasteiger partial charge in [0.2, 0.25) is 0 Å². The molecule has 0 bridgehead atoms. The van der Waals surface area contributed by atoms with Crippen LogP contribution in [0.4, 0.5) is 0 Å². The van der Waals surface area contributed by atoms with E-state index in [9.17, 15) is 0 Å². The van der Waals surface area contributed by atoms with Crippen LogP contribution in [0.2, 0.25) is 0 Å². The smallest absolute Gasteiger partial charge is 0.145 e. The number of benzene rings is 3. The maximum atomic E-state index is 4.89. The molecule has 3 aromatic carbocycles. The van der Waals surface area contributed by atoms with Gasteiger partial charge in [-0.15, -0.1) is 0 Å². The third kappa shape index (κ3) is 2.66. The molecular formula is C27H26N2. The van der Waals surface area contributed by atoms with Crippen LogP contribution >= 0.6 is 0 Å². The molecule has 0 atom stereocenters. The van der Waals surface area contributed by atoms with Crippen LogP contribution in [-0.4, -0.2) is 9.38 Å². The van der Waals surface area contributed by atoms with Crippen LogP contribution in [0, 0.1) is 13.8 Å². The molecule has 5 aromatic rings. The Kier molecular flexibility index (Phi) is 3.82. The first-order valence-corrected chi connectivity index (χ1v) is 10.3. The predicted octanol–water partition coefficient (Wildman–Crippen LogP) is 7.22. The maximum absolute atomic E-state index is 4.89. The zero-order chi connectivity index (χ0) is 20.3. The summed E-state index contributed by atoms with van der Waals surface area (Å²) in [6, 6.07) is 22.0. The summed E-state index contributed by atoms with van der Waals surface area (Å²) in [5.74, 6) is 0. The van der Waals surface area contributed by atoms with Gasteiger partial charge in [0.25, 0.3) is 0 Å². The van der Waals surface area contributed by atoms with E-state index in [1.807, 2.05) is 6.20 Å². The lowest BCUT2D eigenvalue weighted by molar-refractivity contribution is 0.591. The van der Waals surface area contributed by atoms with Crippen LogP contribution in [0.1, 0.15) is 37.5 Å². The minimum atomic E-state index is 0.106. The highest BCUT2D eigenvalue weighted by atomic mass is 15.0. The first kappa shape index (κ1) is 17.9. The van der Waals surface area contributed by atoms with Gasteiger partial charge >= 0.3 is 0 Å². The molecule has 2 aromatic heterocycles. The fraction of sp³-hybridized carbons (Fsp3) is 0.222. The average molecular weight is 379 g/mol. The maximum Gasteiger partial charge on any atom is 0.145 e. The van der Waals surface area contributed by atoms with Crippen molar-refractivity contribution in [2.45, 2.75) is 40.0 Å². The van der Waals surface area contributed by atoms with E-state index in [2.05, 4.69) is 99.7 Å². The van der Waals surface area contributed by atoms with Crippen molar-refractivity contribution in [2.24, 2.45) is 0 Å². The zero-order valence-electron chi connectivity index (χ0n) is 17.7. The van der Waals surface area contributed by atoms with E-state index in [1.165, 1.54) is 43.9 Å². The Balaban J connectivity index is 2.00. The van der Waals surface area contributed by atoms with Crippen molar-refractivity contribution in [3.05, 3.63) is 83.6 Å². The number of imidazole rings is 1. The molecule has 0 amide bonds. The van der Waals surface area contributed by atoms with Crippen molar-refractivity contribution in [2.75, 3.05) is 0 Å². The fourth-order valence-corrected chi connectivity index (χ4v) is 4.51. The highest BCUT2D eigenvalue weighted by molar-refractivity contribution is 6.12. The lowest BCUT2D eigenvalue weighted by atomic mass is 9.86. The lowest BCUT2D eigenvalue weighted by Crippen LogP contribution is -2.11. The van der Waals surface area contributed by atoms with Gasteiger partial charge in [-0.25, -0.2) is 4.98 Å². The van der Waals surface area contributed by atoms with Gasteiger partial charge < -0.3 is 0 Å². The van der Waals surface area contributed by atoms with Crippen molar-refractivity contribution in [3.8, 4) is 11.3 Å². The average Bonchev–Trinajstić information content (AvgIpc) is 3.12. The van der Waals surface area contributed by atoms with E-state index in [4.69, 9.17) is 4.98 Å². The number of rotatable bonds is 1. The van der Waals surface area contributed by atoms with Gasteiger partial charge in [-0.05, 0) is 53.5 Å². The molecule has 2 nitrogen and oxygen atoms in total. The normalized spacial score (nSPS) is 12.3. The molecule has 0 saturated carbocycles. The Bertz CT molecular complexity index is 1380. The quantitative estimate of drug-likeness (QED) is 0.281. The van der Waals surface area contributed by atoms with Gasteiger partial charge in [0, 0.05) is 16.3 Å². The number of pyridine rings is 1. The summed E-state index contributed by atoms with van der Waals surface area (Å²) in [6.07, 6.45) is 2.04. The highest BCUT2D eigenvalue weighted by Gasteiger charge is 2.19. The Morgan fingerprint density at radius 1 is 0.759 bits per heavy atom. The van der Waals surface area contributed by atoms with E-state index in [-0.39, 0.29) is 5.41 Å². The van der Waals surface area contributed by atoms with E-state index in [0.29, 0.717) is 0 Å². The van der Waals surface area contributed by atoms with Gasteiger partial charge in [0.15, 0.2) is 0 Å². The van der Waals surface area contributed by atoms with Gasteiger partial charge in [-0.2, -0.15) is 0 Å². The Labute approximate surface area is 171 Å². The van der Waals surface area contributed by atoms with Crippen LogP contribution < -0.4 is 0 Å². The number of fused-ring (bicyclic) bond motifs is 6. The van der Waals surface area contributed by atoms with Gasteiger partial charge in [0.1, 0.15) is 5.65 Å². The predicted molar refractivity (Wildman–Crippen MR) is 124 cm³/mol. The van der Waals surface area contributed by atoms with Crippen LogP contribution in [-0.2, 0) is 5.41 Å². The minimum Gasteiger partial charge on any atom is -0.292 e. The SMILES string of the molecule is Cc1cccc(C)c1-c1cnc2c3ccccc3c3cc(C(C)(C)C)ccc3n12. The molecule has 0 fully saturated rings. The number of nitrogens with zero attached hydrogens (tertiary/aromatic N) is 2. The largest absolute Gasteiger partial charge is 0.292 e. The molecule has 2 heteroatoms. The van der Waals surface area contributed by atoms with Crippen molar-refractivity contribution in [1.82, 2.24) is 9.38 Å². The topological polar surface area (TPSA) is 17.3 Å². The second-order valence-electron chi connectivity index (χ2n) is 9.10. The van der Waals surface area contributed by atoms with E-state index < -0.39 is 0 Å². The summed E-state index contributed by atoms with van der Waals surface area (Å²) in [7, 11) is 0. The Morgan fingerprint density at radius 3 is 2.14 bits per heavy atom. The molecule has 0 radical (unpaired) electrons. The minimum absolute atomic E-state index is 0.106. The summed E-state index contributed by atoms with van der Waals surface area (Å²) in [5.41, 5.74) is 8.68. The molecule has 29 heavy (non-hydrogen) atoms. The monoisotopic (exact) mass is 378 g/mol. The van der Waals surface area contributed by atoms with Crippen LogP contribution in [0.3, 0.4) is 0 Å². The summed E-state index contributed by atoms with van der Waals surface area (Å²) in [4.78, 5) is 4.89. The van der Waals surface area contributed by atoms with Crippen molar-refractivity contribution in [3.63, 3.8) is 0 Å². The van der Waals surface area contributed by atoms with Gasteiger partial charge in [-0.3, -0.25) is 4.40 Å². The fourth-order valence-electron chi connectivity index (χ4n) is 4.51. The molecule has 0 aliphatic carbocycles. The third-order valence-electron chi connectivity index (χ3n) is 6.06. The van der Waals surface area contributed by atoms with Crippen molar-refractivity contribution >= 4 is 27.3 Å². The molecule has 5 rings (SSSR count). The lowest BCUT2D eigenvalue weighted by Gasteiger charge is -2.21. The molecule has 0 unspecified atom stereocenters. The molecular weight excluding hydrogens is 352 g/mol. The first-order valence-electron chi connectivity index (χ1n) is 10.3. The molecule has 0 saturated heterocycles. The summed E-state index contributed by atoms with van der Waals surface area (Å²) < 4.78 is 2.35. The van der Waals surface area contributed by atoms with Crippen molar-refractivity contribution < 1.29 is 0 Å². The second kappa shape index (κ2) is 6.18. The number of hydrogen-bond donors (Lipinski definition) is 0. The van der Waals surface area contributed by atoms with Gasteiger partial charge in [-0.1, -0.05) is 69.3 Å². The van der Waals surface area contributed by atoms with Crippen LogP contribution in [0.5, 0.6) is 0 Å². The number of aromatic nitrogens is 2. The molecule has 144 valence electrons. The highest BCUT2D eigenvalue weighted by Crippen LogP contribution is 2.36. The number of hydrogen-bond acceptors (Lipinski definition) is 1. The third-order valence-corrected chi connectivity index (χ3v) is 6.06.